The van der Waals surface area contributed by atoms with Gasteiger partial charge in [-0.1, -0.05) is 12.1 Å². The molecule has 0 aliphatic carbocycles. The number of amides is 4. The minimum atomic E-state index is -1.17. The molecule has 190 valence electrons. The molecule has 35 heavy (non-hydrogen) atoms. The van der Waals surface area contributed by atoms with Crippen molar-refractivity contribution >= 4 is 29.6 Å². The van der Waals surface area contributed by atoms with Crippen LogP contribution in [0, 0.1) is 0 Å². The average molecular weight is 490 g/mol. The molecule has 0 aromatic heterocycles. The van der Waals surface area contributed by atoms with Gasteiger partial charge in [0.25, 0.3) is 0 Å². The zero-order valence-corrected chi connectivity index (χ0v) is 19.3. The first-order valence-corrected chi connectivity index (χ1v) is 11.5. The Balaban J connectivity index is 1.79. The Morgan fingerprint density at radius 3 is 2.11 bits per heavy atom. The van der Waals surface area contributed by atoms with E-state index in [0.29, 0.717) is 31.2 Å². The zero-order valence-electron chi connectivity index (χ0n) is 19.3. The molecule has 2 aliphatic rings. The first-order chi connectivity index (χ1) is 16.6. The van der Waals surface area contributed by atoms with Crippen LogP contribution in [0.25, 0.3) is 0 Å². The van der Waals surface area contributed by atoms with Gasteiger partial charge in [0.1, 0.15) is 23.9 Å². The van der Waals surface area contributed by atoms with Gasteiger partial charge in [0, 0.05) is 19.5 Å². The number of carbonyl (C=O) groups excluding carboxylic acids is 4. The number of carboxylic acid groups (broad SMARTS) is 1. The summed E-state index contributed by atoms with van der Waals surface area (Å²) in [5.74, 6) is -3.47. The van der Waals surface area contributed by atoms with Gasteiger partial charge in [-0.2, -0.15) is 0 Å². The third-order valence-electron chi connectivity index (χ3n) is 6.39. The maximum atomic E-state index is 13.4. The second-order valence-electron chi connectivity index (χ2n) is 8.93. The minimum absolute atomic E-state index is 0.0403. The summed E-state index contributed by atoms with van der Waals surface area (Å²) in [6.07, 6.45) is 1.46. The van der Waals surface area contributed by atoms with E-state index in [1.807, 2.05) is 0 Å². The number of phenols is 1. The maximum absolute atomic E-state index is 13.4. The van der Waals surface area contributed by atoms with E-state index in [1.54, 1.807) is 12.1 Å². The van der Waals surface area contributed by atoms with Crippen LogP contribution in [-0.2, 0) is 30.4 Å². The molecule has 12 heteroatoms. The van der Waals surface area contributed by atoms with E-state index in [2.05, 4.69) is 5.32 Å². The Hall–Kier alpha value is -3.67. The summed E-state index contributed by atoms with van der Waals surface area (Å²) < 4.78 is 0. The van der Waals surface area contributed by atoms with Gasteiger partial charge in [-0.3, -0.25) is 19.2 Å². The lowest BCUT2D eigenvalue weighted by atomic mass is 10.0. The Morgan fingerprint density at radius 1 is 0.971 bits per heavy atom. The lowest BCUT2D eigenvalue weighted by Crippen LogP contribution is -2.57. The molecular formula is C23H31N5O7. The van der Waals surface area contributed by atoms with Crippen molar-refractivity contribution in [3.05, 3.63) is 29.8 Å². The molecule has 12 nitrogen and oxygen atoms in total. The molecule has 4 atom stereocenters. The summed E-state index contributed by atoms with van der Waals surface area (Å²) in [4.78, 5) is 64.6. The largest absolute Gasteiger partial charge is 0.508 e. The Bertz CT molecular complexity index is 983. The molecule has 0 bridgehead atoms. The van der Waals surface area contributed by atoms with E-state index >= 15 is 0 Å². The van der Waals surface area contributed by atoms with Crippen LogP contribution < -0.4 is 16.8 Å². The summed E-state index contributed by atoms with van der Waals surface area (Å²) in [5.41, 5.74) is 11.6. The van der Waals surface area contributed by atoms with Gasteiger partial charge in [0.15, 0.2) is 0 Å². The van der Waals surface area contributed by atoms with E-state index in [0.717, 1.165) is 0 Å². The fourth-order valence-corrected chi connectivity index (χ4v) is 4.64. The minimum Gasteiger partial charge on any atom is -0.508 e. The van der Waals surface area contributed by atoms with E-state index in [-0.39, 0.29) is 31.7 Å². The standard InChI is InChI=1S/C23H31N5O7/c24-15(12-19(25)30)21(32)27-9-1-3-17(27)20(31)26-16(11-13-5-7-14(29)8-6-13)22(33)28-10-2-4-18(28)23(34)35/h5-8,15-18,29H,1-4,9-12,24H2,(H2,25,30)(H,26,31)(H,34,35). The van der Waals surface area contributed by atoms with Gasteiger partial charge in [-0.05, 0) is 43.4 Å². The molecule has 2 heterocycles. The molecule has 7 N–H and O–H groups in total. The van der Waals surface area contributed by atoms with Gasteiger partial charge in [0.05, 0.1) is 12.5 Å². The number of aromatic hydroxyl groups is 1. The highest BCUT2D eigenvalue weighted by atomic mass is 16.4. The summed E-state index contributed by atoms with van der Waals surface area (Å²) in [7, 11) is 0. The molecule has 2 aliphatic heterocycles. The Morgan fingerprint density at radius 2 is 1.54 bits per heavy atom. The number of primary amides is 1. The number of hydrogen-bond acceptors (Lipinski definition) is 7. The number of hydrogen-bond donors (Lipinski definition) is 5. The van der Waals surface area contributed by atoms with Crippen molar-refractivity contribution in [3.8, 4) is 5.75 Å². The van der Waals surface area contributed by atoms with Gasteiger partial charge in [-0.25, -0.2) is 4.79 Å². The van der Waals surface area contributed by atoms with E-state index in [9.17, 15) is 34.2 Å². The van der Waals surface area contributed by atoms with Crippen LogP contribution in [0.3, 0.4) is 0 Å². The zero-order chi connectivity index (χ0) is 25.7. The number of likely N-dealkylation sites (tertiary alicyclic amines) is 2. The van der Waals surface area contributed by atoms with Gasteiger partial charge < -0.3 is 36.8 Å². The number of aliphatic carboxylic acids is 1. The van der Waals surface area contributed by atoms with Crippen molar-refractivity contribution in [1.29, 1.82) is 0 Å². The first kappa shape index (κ1) is 25.9. The van der Waals surface area contributed by atoms with Crippen molar-refractivity contribution < 1.29 is 34.2 Å². The quantitative estimate of drug-likeness (QED) is 0.282. The summed E-state index contributed by atoms with van der Waals surface area (Å²) >= 11 is 0. The molecular weight excluding hydrogens is 458 g/mol. The Kier molecular flexibility index (Phi) is 8.28. The van der Waals surface area contributed by atoms with Gasteiger partial charge >= 0.3 is 5.97 Å². The van der Waals surface area contributed by atoms with Crippen molar-refractivity contribution in [2.24, 2.45) is 11.5 Å². The summed E-state index contributed by atoms with van der Waals surface area (Å²) in [6.45, 7) is 0.529. The van der Waals surface area contributed by atoms with Crippen molar-refractivity contribution in [2.75, 3.05) is 13.1 Å². The number of nitrogens with one attached hydrogen (secondary N) is 1. The van der Waals surface area contributed by atoms with Crippen molar-refractivity contribution in [2.45, 2.75) is 62.7 Å². The normalized spacial score (nSPS) is 21.4. The molecule has 0 saturated carbocycles. The van der Waals surface area contributed by atoms with Crippen molar-refractivity contribution in [1.82, 2.24) is 15.1 Å². The molecule has 3 rings (SSSR count). The second-order valence-corrected chi connectivity index (χ2v) is 8.93. The number of carbonyl (C=O) groups is 5. The maximum Gasteiger partial charge on any atom is 0.326 e. The average Bonchev–Trinajstić information content (AvgIpc) is 3.48. The Labute approximate surface area is 202 Å². The van der Waals surface area contributed by atoms with Gasteiger partial charge in [-0.15, -0.1) is 0 Å². The summed E-state index contributed by atoms with van der Waals surface area (Å²) in [6, 6.07) is 2.00. The molecule has 4 amide bonds. The summed E-state index contributed by atoms with van der Waals surface area (Å²) in [5, 5.41) is 21.8. The molecule has 0 spiro atoms. The van der Waals surface area contributed by atoms with Crippen LogP contribution in [0.4, 0.5) is 0 Å². The lowest BCUT2D eigenvalue weighted by Gasteiger charge is -2.30. The van der Waals surface area contributed by atoms with Crippen LogP contribution in [-0.4, -0.2) is 86.9 Å². The number of phenolic OH excluding ortho intramolecular Hbond substituents is 1. The first-order valence-electron chi connectivity index (χ1n) is 11.5. The number of nitrogens with two attached hydrogens (primary N) is 2. The van der Waals surface area contributed by atoms with E-state index in [4.69, 9.17) is 11.5 Å². The predicted octanol–water partition coefficient (Wildman–Crippen LogP) is -1.31. The molecule has 1 aromatic rings. The van der Waals surface area contributed by atoms with Crippen LogP contribution in [0.5, 0.6) is 5.75 Å². The van der Waals surface area contributed by atoms with E-state index < -0.39 is 53.8 Å². The molecule has 2 saturated heterocycles. The highest BCUT2D eigenvalue weighted by Gasteiger charge is 2.41. The van der Waals surface area contributed by atoms with E-state index in [1.165, 1.54) is 21.9 Å². The molecule has 1 aromatic carbocycles. The van der Waals surface area contributed by atoms with Crippen LogP contribution in [0.1, 0.15) is 37.7 Å². The SMILES string of the molecule is NC(=O)CC(N)C(=O)N1CCCC1C(=O)NC(Cc1ccc(O)cc1)C(=O)N1CCCC1C(=O)O. The predicted molar refractivity (Wildman–Crippen MR) is 123 cm³/mol. The number of carboxylic acids is 1. The fraction of sp³-hybridized carbons (Fsp3) is 0.522. The molecule has 2 fully saturated rings. The second kappa shape index (κ2) is 11.2. The molecule has 0 radical (unpaired) electrons. The number of rotatable bonds is 9. The highest BCUT2D eigenvalue weighted by molar-refractivity contribution is 5.95. The van der Waals surface area contributed by atoms with Gasteiger partial charge in [0.2, 0.25) is 23.6 Å². The fourth-order valence-electron chi connectivity index (χ4n) is 4.64. The van der Waals surface area contributed by atoms with Crippen LogP contribution in [0.15, 0.2) is 24.3 Å². The highest BCUT2D eigenvalue weighted by Crippen LogP contribution is 2.22. The monoisotopic (exact) mass is 489 g/mol. The molecule has 4 unspecified atom stereocenters. The van der Waals surface area contributed by atoms with Crippen molar-refractivity contribution in [3.63, 3.8) is 0 Å². The third kappa shape index (κ3) is 6.27. The lowest BCUT2D eigenvalue weighted by molar-refractivity contribution is -0.149. The smallest absolute Gasteiger partial charge is 0.326 e. The number of benzene rings is 1. The third-order valence-corrected chi connectivity index (χ3v) is 6.39. The topological polar surface area (TPSA) is 196 Å². The number of nitrogens with zero attached hydrogens (tertiary/aromatic N) is 2. The van der Waals surface area contributed by atoms with Crippen LogP contribution >= 0.6 is 0 Å². The van der Waals surface area contributed by atoms with Crippen LogP contribution in [0.2, 0.25) is 0 Å².